The Morgan fingerprint density at radius 3 is 2.11 bits per heavy atom. The minimum Gasteiger partial charge on any atom is -0.480 e. The van der Waals surface area contributed by atoms with Gasteiger partial charge in [0.2, 0.25) is 0 Å². The van der Waals surface area contributed by atoms with Gasteiger partial charge in [-0.3, -0.25) is 14.5 Å². The highest BCUT2D eigenvalue weighted by molar-refractivity contribution is 6.22. The van der Waals surface area contributed by atoms with Crippen LogP contribution in [0.1, 0.15) is 33.6 Å². The van der Waals surface area contributed by atoms with Gasteiger partial charge in [-0.2, -0.15) is 0 Å². The van der Waals surface area contributed by atoms with Crippen LogP contribution in [0.5, 0.6) is 0 Å². The number of aliphatic carboxylic acids is 1. The maximum atomic E-state index is 12.0. The van der Waals surface area contributed by atoms with E-state index in [2.05, 4.69) is 6.92 Å². The zero-order valence-corrected chi connectivity index (χ0v) is 9.63. The third-order valence-corrected chi connectivity index (χ3v) is 2.90. The number of carbonyl (C=O) groups excluding carboxylic acids is 2. The normalized spacial score (nSPS) is 15.7. The molecule has 0 bridgehead atoms. The van der Waals surface area contributed by atoms with Crippen molar-refractivity contribution >= 4 is 17.8 Å². The van der Waals surface area contributed by atoms with Gasteiger partial charge in [0.15, 0.2) is 0 Å². The van der Waals surface area contributed by atoms with Gasteiger partial charge >= 0.3 is 5.97 Å². The monoisotopic (exact) mass is 246 g/mol. The number of nitrogens with zero attached hydrogens (tertiary/aromatic N) is 1. The van der Waals surface area contributed by atoms with E-state index in [1.807, 2.05) is 0 Å². The van der Waals surface area contributed by atoms with Crippen LogP contribution in [0.25, 0.3) is 0 Å². The number of hydrogen-bond acceptors (Lipinski definition) is 3. The van der Waals surface area contributed by atoms with Crippen molar-refractivity contribution in [3.63, 3.8) is 0 Å². The highest BCUT2D eigenvalue weighted by Gasteiger charge is 2.42. The van der Waals surface area contributed by atoms with Crippen molar-refractivity contribution in [2.45, 2.75) is 18.9 Å². The van der Waals surface area contributed by atoms with E-state index in [1.165, 1.54) is 12.1 Å². The van der Waals surface area contributed by atoms with Crippen LogP contribution in [0.4, 0.5) is 0 Å². The topological polar surface area (TPSA) is 74.7 Å². The van der Waals surface area contributed by atoms with Crippen LogP contribution in [0.15, 0.2) is 24.3 Å². The number of fused-ring (bicyclic) bond motifs is 1. The molecule has 2 amide bonds. The molecule has 0 saturated heterocycles. The molecule has 1 aliphatic heterocycles. The Morgan fingerprint density at radius 2 is 1.72 bits per heavy atom. The maximum Gasteiger partial charge on any atom is 0.326 e. The highest BCUT2D eigenvalue weighted by atomic mass is 16.4. The molecule has 5 nitrogen and oxygen atoms in total. The van der Waals surface area contributed by atoms with Crippen molar-refractivity contribution in [2.24, 2.45) is 0 Å². The molecule has 1 atom stereocenters. The zero-order chi connectivity index (χ0) is 13.3. The summed E-state index contributed by atoms with van der Waals surface area (Å²) in [6.45, 7) is 3.57. The van der Waals surface area contributed by atoms with Crippen LogP contribution in [-0.4, -0.2) is 33.8 Å². The number of hydrogen-bond donors (Lipinski definition) is 1. The summed E-state index contributed by atoms with van der Waals surface area (Å²) < 4.78 is 0. The highest BCUT2D eigenvalue weighted by Crippen LogP contribution is 2.25. The standard InChI is InChI=1S/C13H12NO4/c1-2-5-10(13(17)18)14-11(15)8-6-3-4-7-9(8)12(14)16/h3-4,6-7,10H,1-2,5H2,(H,17,18). The molecule has 5 heteroatoms. The molecule has 1 radical (unpaired) electrons. The van der Waals surface area contributed by atoms with Crippen molar-refractivity contribution in [3.8, 4) is 0 Å². The fraction of sp³-hybridized carbons (Fsp3) is 0.231. The van der Waals surface area contributed by atoms with E-state index < -0.39 is 23.8 Å². The smallest absolute Gasteiger partial charge is 0.326 e. The molecule has 18 heavy (non-hydrogen) atoms. The molecule has 0 aliphatic carbocycles. The second kappa shape index (κ2) is 4.60. The van der Waals surface area contributed by atoms with E-state index in [0.29, 0.717) is 6.42 Å². The third-order valence-electron chi connectivity index (χ3n) is 2.90. The Balaban J connectivity index is 2.41. The number of amides is 2. The Hall–Kier alpha value is -2.17. The van der Waals surface area contributed by atoms with Gasteiger partial charge < -0.3 is 5.11 Å². The van der Waals surface area contributed by atoms with Crippen molar-refractivity contribution in [1.29, 1.82) is 0 Å². The first-order valence-corrected chi connectivity index (χ1v) is 5.57. The molecule has 0 aromatic heterocycles. The lowest BCUT2D eigenvalue weighted by Gasteiger charge is -2.21. The summed E-state index contributed by atoms with van der Waals surface area (Å²) in [4.78, 5) is 36.1. The van der Waals surface area contributed by atoms with E-state index in [9.17, 15) is 14.4 Å². The summed E-state index contributed by atoms with van der Waals surface area (Å²) >= 11 is 0. The van der Waals surface area contributed by atoms with Crippen LogP contribution in [-0.2, 0) is 4.79 Å². The van der Waals surface area contributed by atoms with Gasteiger partial charge in [0.25, 0.3) is 11.8 Å². The van der Waals surface area contributed by atoms with Gasteiger partial charge in [0, 0.05) is 0 Å². The summed E-state index contributed by atoms with van der Waals surface area (Å²) in [6.07, 6.45) is 0.491. The first-order chi connectivity index (χ1) is 8.57. The summed E-state index contributed by atoms with van der Waals surface area (Å²) in [5.41, 5.74) is 0.524. The maximum absolute atomic E-state index is 12.0. The third kappa shape index (κ3) is 1.77. The molecule has 1 unspecified atom stereocenters. The van der Waals surface area contributed by atoms with Crippen LogP contribution in [0.3, 0.4) is 0 Å². The van der Waals surface area contributed by atoms with E-state index in [0.717, 1.165) is 4.90 Å². The fourth-order valence-corrected chi connectivity index (χ4v) is 2.05. The fourth-order valence-electron chi connectivity index (χ4n) is 2.05. The van der Waals surface area contributed by atoms with Crippen molar-refractivity contribution in [3.05, 3.63) is 42.3 Å². The molecular formula is C13H12NO4. The number of rotatable bonds is 4. The Bertz CT molecular complexity index is 488. The SMILES string of the molecule is [CH2]CCC(C(=O)O)N1C(=O)c2ccccc2C1=O. The molecule has 0 fully saturated rings. The number of carboxylic acids is 1. The lowest BCUT2D eigenvalue weighted by atomic mass is 10.1. The summed E-state index contributed by atoms with van der Waals surface area (Å²) in [5.74, 6) is -2.28. The molecule has 1 aromatic rings. The summed E-state index contributed by atoms with van der Waals surface area (Å²) in [7, 11) is 0. The van der Waals surface area contributed by atoms with E-state index in [1.54, 1.807) is 12.1 Å². The number of benzene rings is 1. The van der Waals surface area contributed by atoms with Crippen LogP contribution in [0, 0.1) is 6.92 Å². The molecule has 93 valence electrons. The predicted octanol–water partition coefficient (Wildman–Crippen LogP) is 1.35. The van der Waals surface area contributed by atoms with Crippen LogP contribution >= 0.6 is 0 Å². The molecule has 1 aliphatic rings. The lowest BCUT2D eigenvalue weighted by molar-refractivity contribution is -0.141. The van der Waals surface area contributed by atoms with Crippen molar-refractivity contribution in [1.82, 2.24) is 4.90 Å². The van der Waals surface area contributed by atoms with Gasteiger partial charge in [-0.05, 0) is 18.6 Å². The first-order valence-electron chi connectivity index (χ1n) is 5.57. The molecule has 2 rings (SSSR count). The Kier molecular flexibility index (Phi) is 3.14. The number of carboxylic acid groups (broad SMARTS) is 1. The average molecular weight is 246 g/mol. The summed E-state index contributed by atoms with van der Waals surface area (Å²) in [6, 6.07) is 5.20. The van der Waals surface area contributed by atoms with Gasteiger partial charge in [-0.1, -0.05) is 25.5 Å². The molecule has 0 spiro atoms. The first kappa shape index (κ1) is 12.3. The largest absolute Gasteiger partial charge is 0.480 e. The van der Waals surface area contributed by atoms with Crippen LogP contribution < -0.4 is 0 Å². The Labute approximate surface area is 104 Å². The van der Waals surface area contributed by atoms with Gasteiger partial charge in [-0.25, -0.2) is 4.79 Å². The molecule has 1 aromatic carbocycles. The van der Waals surface area contributed by atoms with Crippen molar-refractivity contribution < 1.29 is 19.5 Å². The molecule has 1 N–H and O–H groups in total. The molecular weight excluding hydrogens is 234 g/mol. The minimum absolute atomic E-state index is 0.154. The molecule has 1 heterocycles. The van der Waals surface area contributed by atoms with Gasteiger partial charge in [0.1, 0.15) is 6.04 Å². The lowest BCUT2D eigenvalue weighted by Crippen LogP contribution is -2.44. The second-order valence-electron chi connectivity index (χ2n) is 4.02. The van der Waals surface area contributed by atoms with Crippen LogP contribution in [0.2, 0.25) is 0 Å². The number of imide groups is 1. The van der Waals surface area contributed by atoms with Gasteiger partial charge in [-0.15, -0.1) is 0 Å². The Morgan fingerprint density at radius 1 is 1.22 bits per heavy atom. The number of carbonyl (C=O) groups is 3. The quantitative estimate of drug-likeness (QED) is 0.814. The van der Waals surface area contributed by atoms with Gasteiger partial charge in [0.05, 0.1) is 11.1 Å². The predicted molar refractivity (Wildman–Crippen MR) is 63.0 cm³/mol. The van der Waals surface area contributed by atoms with Crippen molar-refractivity contribution in [2.75, 3.05) is 0 Å². The zero-order valence-electron chi connectivity index (χ0n) is 9.63. The van der Waals surface area contributed by atoms with E-state index in [-0.39, 0.29) is 17.5 Å². The molecule has 0 saturated carbocycles. The average Bonchev–Trinajstić information content (AvgIpc) is 2.60. The van der Waals surface area contributed by atoms with E-state index >= 15 is 0 Å². The second-order valence-corrected chi connectivity index (χ2v) is 4.02. The summed E-state index contributed by atoms with van der Waals surface area (Å²) in [5, 5.41) is 9.11. The van der Waals surface area contributed by atoms with E-state index in [4.69, 9.17) is 5.11 Å². The minimum atomic E-state index is -1.19.